The monoisotopic (exact) mass is 913 g/mol. The Morgan fingerprint density at radius 2 is 1.82 bits per heavy atom. The SMILES string of the molecule is CNC(=O)COc1cc2cc(Nc3nc(N4CCC(O[C@H]5C[C@H](N6CC[C@H](c7ccc8c(c7F)CN(C7CCC(=O)NC7=O)C8=O)[C@@H](O)C6)C5)CC4)ncc3Cl)ccc2n(C(C)C)c1=O. The molecule has 0 bridgehead atoms. The van der Waals surface area contributed by atoms with Gasteiger partial charge in [-0.05, 0) is 94.8 Å². The molecule has 0 radical (unpaired) electrons. The van der Waals surface area contributed by atoms with Crippen LogP contribution in [0.5, 0.6) is 5.75 Å². The highest BCUT2D eigenvalue weighted by atomic mass is 35.5. The van der Waals surface area contributed by atoms with Gasteiger partial charge in [0.15, 0.2) is 18.2 Å². The number of benzene rings is 2. The van der Waals surface area contributed by atoms with Crippen molar-refractivity contribution in [2.75, 3.05) is 50.1 Å². The molecule has 4 amide bonds. The van der Waals surface area contributed by atoms with Crippen LogP contribution in [0.15, 0.2) is 47.4 Å². The van der Waals surface area contributed by atoms with Crippen molar-refractivity contribution in [3.8, 4) is 5.75 Å². The molecule has 17 nitrogen and oxygen atoms in total. The Morgan fingerprint density at radius 1 is 1.03 bits per heavy atom. The number of anilines is 3. The first-order valence-electron chi connectivity index (χ1n) is 22.4. The van der Waals surface area contributed by atoms with Gasteiger partial charge in [0.05, 0.1) is 36.6 Å². The topological polar surface area (TPSA) is 201 Å². The summed E-state index contributed by atoms with van der Waals surface area (Å²) < 4.78 is 29.9. The normalized spacial score (nSPS) is 24.0. The van der Waals surface area contributed by atoms with Crippen LogP contribution in [-0.2, 0) is 25.7 Å². The molecule has 9 rings (SSSR count). The highest BCUT2D eigenvalue weighted by Crippen LogP contribution is 2.40. The molecule has 4 aliphatic heterocycles. The molecule has 344 valence electrons. The highest BCUT2D eigenvalue weighted by Gasteiger charge is 2.44. The number of imide groups is 1. The van der Waals surface area contributed by atoms with Crippen molar-refractivity contribution >= 4 is 63.6 Å². The minimum Gasteiger partial charge on any atom is -0.478 e. The van der Waals surface area contributed by atoms with E-state index in [-0.39, 0.29) is 84.5 Å². The Hall–Kier alpha value is -5.69. The van der Waals surface area contributed by atoms with E-state index in [0.717, 1.165) is 31.1 Å². The lowest BCUT2D eigenvalue weighted by Gasteiger charge is -2.48. The van der Waals surface area contributed by atoms with Crippen LogP contribution in [0.3, 0.4) is 0 Å². The van der Waals surface area contributed by atoms with Crippen LogP contribution in [0, 0.1) is 5.82 Å². The second-order valence-electron chi connectivity index (χ2n) is 17.9. The zero-order valence-corrected chi connectivity index (χ0v) is 37.3. The number of pyridine rings is 1. The lowest BCUT2D eigenvalue weighted by atomic mass is 9.81. The molecule has 4 N–H and O–H groups in total. The number of likely N-dealkylation sites (N-methyl/N-ethyl adjacent to an activating group) is 1. The zero-order valence-electron chi connectivity index (χ0n) is 36.5. The van der Waals surface area contributed by atoms with Crippen molar-refractivity contribution in [1.82, 2.24) is 35.0 Å². The van der Waals surface area contributed by atoms with Gasteiger partial charge in [0.25, 0.3) is 17.4 Å². The maximum atomic E-state index is 16.1. The van der Waals surface area contributed by atoms with Crippen LogP contribution in [0.4, 0.5) is 21.8 Å². The first-order chi connectivity index (χ1) is 31.3. The van der Waals surface area contributed by atoms with Gasteiger partial charge in [-0.1, -0.05) is 17.7 Å². The van der Waals surface area contributed by atoms with Gasteiger partial charge in [0.2, 0.25) is 17.8 Å². The van der Waals surface area contributed by atoms with Gasteiger partial charge in [-0.2, -0.15) is 4.98 Å². The van der Waals surface area contributed by atoms with Crippen molar-refractivity contribution in [1.29, 1.82) is 0 Å². The number of carbonyl (C=O) groups is 4. The quantitative estimate of drug-likeness (QED) is 0.148. The van der Waals surface area contributed by atoms with Gasteiger partial charge in [0, 0.05) is 73.3 Å². The molecule has 3 atom stereocenters. The number of hydrogen-bond acceptors (Lipinski definition) is 13. The molecular weight excluding hydrogens is 861 g/mol. The van der Waals surface area contributed by atoms with Crippen LogP contribution in [0.25, 0.3) is 10.9 Å². The van der Waals surface area contributed by atoms with E-state index in [1.807, 2.05) is 32.0 Å². The van der Waals surface area contributed by atoms with Crippen molar-refractivity contribution in [2.45, 2.75) is 108 Å². The molecule has 2 aromatic heterocycles. The first-order valence-corrected chi connectivity index (χ1v) is 22.7. The van der Waals surface area contributed by atoms with Crippen LogP contribution >= 0.6 is 11.6 Å². The number of ether oxygens (including phenoxy) is 2. The largest absolute Gasteiger partial charge is 0.478 e. The third-order valence-corrected chi connectivity index (χ3v) is 13.8. The third kappa shape index (κ3) is 8.88. The van der Waals surface area contributed by atoms with Crippen molar-refractivity contribution in [3.63, 3.8) is 0 Å². The Labute approximate surface area is 379 Å². The molecule has 65 heavy (non-hydrogen) atoms. The second-order valence-corrected chi connectivity index (χ2v) is 18.3. The summed E-state index contributed by atoms with van der Waals surface area (Å²) in [6.45, 7) is 6.00. The van der Waals surface area contributed by atoms with E-state index < -0.39 is 35.7 Å². The Morgan fingerprint density at radius 3 is 2.54 bits per heavy atom. The van der Waals surface area contributed by atoms with Crippen LogP contribution < -0.4 is 31.1 Å². The van der Waals surface area contributed by atoms with Crippen molar-refractivity contribution in [3.05, 3.63) is 80.5 Å². The van der Waals surface area contributed by atoms with Gasteiger partial charge in [-0.15, -0.1) is 0 Å². The number of aliphatic hydroxyl groups excluding tert-OH is 1. The zero-order chi connectivity index (χ0) is 45.7. The molecule has 4 fully saturated rings. The molecule has 19 heteroatoms. The highest BCUT2D eigenvalue weighted by molar-refractivity contribution is 6.33. The molecule has 1 saturated carbocycles. The average molecular weight is 914 g/mol. The minimum absolute atomic E-state index is 0.0493. The van der Waals surface area contributed by atoms with Crippen molar-refractivity contribution in [2.24, 2.45) is 0 Å². The summed E-state index contributed by atoms with van der Waals surface area (Å²) in [4.78, 5) is 77.4. The lowest BCUT2D eigenvalue weighted by molar-refractivity contribution is -0.137. The number of likely N-dealkylation sites (tertiary alicyclic amines) is 1. The fourth-order valence-electron chi connectivity index (χ4n) is 9.93. The number of hydrogen-bond donors (Lipinski definition) is 4. The van der Waals surface area contributed by atoms with Gasteiger partial charge >= 0.3 is 0 Å². The molecule has 5 aliphatic rings. The van der Waals surface area contributed by atoms with E-state index in [0.29, 0.717) is 66.2 Å². The lowest BCUT2D eigenvalue weighted by Crippen LogP contribution is -2.55. The van der Waals surface area contributed by atoms with E-state index in [1.165, 1.54) is 11.9 Å². The second kappa shape index (κ2) is 18.3. The number of nitrogens with zero attached hydrogens (tertiary/aromatic N) is 6. The van der Waals surface area contributed by atoms with E-state index in [2.05, 4.69) is 30.7 Å². The third-order valence-electron chi connectivity index (χ3n) is 13.5. The Bertz CT molecular complexity index is 2600. The number of carbonyl (C=O) groups excluding carboxylic acids is 4. The summed E-state index contributed by atoms with van der Waals surface area (Å²) in [5, 5.41) is 20.5. The molecule has 6 heterocycles. The standard InChI is InChI=1S/C46H53ClFN9O8/c1-24(2)57-35-7-4-26(16-25(35)17-38(45(57)63)64-23-40(60)49-3)51-42-34(47)20-50-46(53-42)54-13-10-28(11-14-54)65-29-18-27(19-29)55-15-12-30(37(58)22-55)31-5-6-32-33(41(31)48)21-56(44(32)62)36-8-9-39(59)52-43(36)61/h4-7,16-17,20,24,27-30,36-37,58H,8-15,18-19,21-23H2,1-3H3,(H,49,60)(H,50,51,53)(H,52,59,61)/t27-,29-,30-,36?,37+/m1/s1. The van der Waals surface area contributed by atoms with E-state index >= 15 is 4.39 Å². The number of piperidine rings is 3. The fourth-order valence-corrected chi connectivity index (χ4v) is 10.1. The molecule has 3 saturated heterocycles. The number of aromatic nitrogens is 3. The Balaban J connectivity index is 0.756. The number of aliphatic hydroxyl groups is 1. The van der Waals surface area contributed by atoms with Crippen LogP contribution in [-0.4, -0.2) is 123 Å². The van der Waals surface area contributed by atoms with E-state index in [9.17, 15) is 29.1 Å². The number of nitrogens with one attached hydrogen (secondary N) is 3. The number of amides is 4. The molecule has 1 unspecified atom stereocenters. The van der Waals surface area contributed by atoms with Crippen LogP contribution in [0.1, 0.15) is 92.2 Å². The summed E-state index contributed by atoms with van der Waals surface area (Å²) >= 11 is 6.59. The first kappa shape index (κ1) is 44.5. The van der Waals surface area contributed by atoms with Crippen LogP contribution in [0.2, 0.25) is 5.02 Å². The molecule has 4 aromatic rings. The fraction of sp³-hybridized carbons (Fsp3) is 0.500. The summed E-state index contributed by atoms with van der Waals surface area (Å²) in [6.07, 6.45) is 5.19. The number of β-amino-alcohol motifs (C(OH)–C–C–N with tert-alkyl or cyclic N) is 1. The summed E-state index contributed by atoms with van der Waals surface area (Å²) in [5.41, 5.74) is 1.93. The number of rotatable bonds is 12. The predicted molar refractivity (Wildman–Crippen MR) is 239 cm³/mol. The molecular formula is C46H53ClFN9O8. The van der Waals surface area contributed by atoms with E-state index in [4.69, 9.17) is 26.1 Å². The Kier molecular flexibility index (Phi) is 12.5. The summed E-state index contributed by atoms with van der Waals surface area (Å²) in [5.74, 6) is -1.57. The minimum atomic E-state index is -0.824. The molecule has 2 aromatic carbocycles. The average Bonchev–Trinajstić information content (AvgIpc) is 3.61. The predicted octanol–water partition coefficient (Wildman–Crippen LogP) is 4.16. The van der Waals surface area contributed by atoms with Crippen molar-refractivity contribution < 1.29 is 38.1 Å². The number of fused-ring (bicyclic) bond motifs is 2. The van der Waals surface area contributed by atoms with Gasteiger partial charge in [-0.25, -0.2) is 9.37 Å². The molecule has 1 aliphatic carbocycles. The summed E-state index contributed by atoms with van der Waals surface area (Å²) in [7, 11) is 1.50. The maximum absolute atomic E-state index is 16.1. The van der Waals surface area contributed by atoms with Gasteiger partial charge < -0.3 is 39.6 Å². The molecule has 0 spiro atoms. The smallest absolute Gasteiger partial charge is 0.293 e. The maximum Gasteiger partial charge on any atom is 0.293 e. The summed E-state index contributed by atoms with van der Waals surface area (Å²) in [6, 6.07) is 9.70. The van der Waals surface area contributed by atoms with Gasteiger partial charge in [0.1, 0.15) is 16.9 Å². The van der Waals surface area contributed by atoms with Gasteiger partial charge in [-0.3, -0.25) is 34.2 Å². The number of halogens is 2. The van der Waals surface area contributed by atoms with E-state index in [1.54, 1.807) is 29.0 Å².